The molecule has 0 aliphatic rings. The Hall–Kier alpha value is 0.0900. The Morgan fingerprint density at radius 2 is 1.18 bits per heavy atom. The number of aliphatic hydroxyl groups is 2. The molecule has 240 valence electrons. The van der Waals surface area contributed by atoms with Crippen LogP contribution in [-0.4, -0.2) is 101 Å². The average molecular weight is 617 g/mol. The summed E-state index contributed by atoms with van der Waals surface area (Å²) in [7, 11) is 1.52. The molecular formula is C26H58F3NO7PS+. The topological polar surface area (TPSA) is 127 Å². The SMILES string of the molecule is CCCCCCCCCCCCCCCCSCC(CO)OCC(F)(F)F.C[N+](C)(C)CCO.O=P(O)(O)O. The first-order valence-corrected chi connectivity index (χ1v) is 16.8. The number of thioether (sulfide) groups is 1. The number of alkyl halides is 3. The maximum absolute atomic E-state index is 12.1. The van der Waals surface area contributed by atoms with Crippen molar-refractivity contribution >= 4 is 19.6 Å². The van der Waals surface area contributed by atoms with E-state index in [2.05, 4.69) is 32.8 Å². The lowest BCUT2D eigenvalue weighted by molar-refractivity contribution is -0.870. The van der Waals surface area contributed by atoms with Crippen molar-refractivity contribution in [3.05, 3.63) is 0 Å². The Morgan fingerprint density at radius 1 is 0.795 bits per heavy atom. The maximum atomic E-state index is 12.1. The molecule has 0 rings (SSSR count). The molecule has 0 heterocycles. The van der Waals surface area contributed by atoms with Crippen LogP contribution in [0.15, 0.2) is 0 Å². The number of rotatable bonds is 22. The van der Waals surface area contributed by atoms with Crippen LogP contribution >= 0.6 is 19.6 Å². The Bertz CT molecular complexity index is 542. The molecule has 1 atom stereocenters. The van der Waals surface area contributed by atoms with Crippen molar-refractivity contribution in [1.82, 2.24) is 0 Å². The third kappa shape index (κ3) is 54.8. The van der Waals surface area contributed by atoms with E-state index in [1.54, 1.807) is 11.8 Å². The molecule has 8 nitrogen and oxygen atoms in total. The summed E-state index contributed by atoms with van der Waals surface area (Å²) in [5.74, 6) is 1.34. The Balaban J connectivity index is -0.000000890. The van der Waals surface area contributed by atoms with Gasteiger partial charge in [0.25, 0.3) is 0 Å². The van der Waals surface area contributed by atoms with Crippen LogP contribution in [0, 0.1) is 0 Å². The smallest absolute Gasteiger partial charge is 0.394 e. The minimum absolute atomic E-state index is 0.281. The van der Waals surface area contributed by atoms with Gasteiger partial charge in [0.1, 0.15) is 13.2 Å². The van der Waals surface area contributed by atoms with Gasteiger partial charge in [-0.15, -0.1) is 0 Å². The zero-order valence-corrected chi connectivity index (χ0v) is 26.4. The second-order valence-electron chi connectivity index (χ2n) is 10.7. The van der Waals surface area contributed by atoms with Crippen molar-refractivity contribution in [3.63, 3.8) is 0 Å². The van der Waals surface area contributed by atoms with Crippen LogP contribution in [0.3, 0.4) is 0 Å². The van der Waals surface area contributed by atoms with Crippen LogP contribution in [-0.2, 0) is 9.30 Å². The van der Waals surface area contributed by atoms with Crippen LogP contribution in [0.4, 0.5) is 13.2 Å². The first kappa shape index (κ1) is 43.5. The number of aliphatic hydroxyl groups excluding tert-OH is 2. The molecule has 0 saturated heterocycles. The molecule has 0 spiro atoms. The zero-order chi connectivity index (χ0) is 30.6. The molecule has 0 aliphatic carbocycles. The van der Waals surface area contributed by atoms with Crippen LogP contribution < -0.4 is 0 Å². The highest BCUT2D eigenvalue weighted by molar-refractivity contribution is 7.99. The molecular weight excluding hydrogens is 558 g/mol. The largest absolute Gasteiger partial charge is 0.466 e. The predicted molar refractivity (Wildman–Crippen MR) is 155 cm³/mol. The number of hydrogen-bond donors (Lipinski definition) is 5. The van der Waals surface area contributed by atoms with Crippen molar-refractivity contribution in [2.24, 2.45) is 0 Å². The van der Waals surface area contributed by atoms with Gasteiger partial charge in [-0.25, -0.2) is 4.57 Å². The van der Waals surface area contributed by atoms with Gasteiger partial charge in [0.2, 0.25) is 0 Å². The summed E-state index contributed by atoms with van der Waals surface area (Å²) in [6.45, 7) is 1.73. The number of phosphoric acid groups is 1. The van der Waals surface area contributed by atoms with Gasteiger partial charge in [0, 0.05) is 5.75 Å². The van der Waals surface area contributed by atoms with Crippen molar-refractivity contribution in [2.45, 2.75) is 109 Å². The molecule has 0 amide bonds. The van der Waals surface area contributed by atoms with E-state index >= 15 is 0 Å². The molecule has 0 fully saturated rings. The number of nitrogens with zero attached hydrogens (tertiary/aromatic N) is 1. The van der Waals surface area contributed by atoms with Crippen LogP contribution in [0.1, 0.15) is 96.8 Å². The van der Waals surface area contributed by atoms with Crippen LogP contribution in [0.2, 0.25) is 0 Å². The molecule has 0 saturated carbocycles. The van der Waals surface area contributed by atoms with E-state index < -0.39 is 26.7 Å². The Kier molecular flexibility index (Phi) is 31.5. The molecule has 13 heteroatoms. The standard InChI is InChI=1S/C21H41F3O2S.C5H14NO.H3O4P/c1-2-3-4-5-6-7-8-9-10-11-12-13-14-15-16-27-18-20(17-25)26-19-21(22,23)24;1-6(2,3)4-5-7;1-5(2,3)4/h20,25H,2-19H2,1H3;7H,4-5H2,1-3H3;(H3,1,2,3,4)/q;+1;. The fourth-order valence-corrected chi connectivity index (χ4v) is 4.32. The summed E-state index contributed by atoms with van der Waals surface area (Å²) in [6, 6.07) is 0. The van der Waals surface area contributed by atoms with Gasteiger partial charge in [-0.1, -0.05) is 90.4 Å². The predicted octanol–water partition coefficient (Wildman–Crippen LogP) is 5.90. The third-order valence-corrected chi connectivity index (χ3v) is 6.59. The van der Waals surface area contributed by atoms with E-state index in [0.717, 1.165) is 23.2 Å². The Labute approximate surface area is 239 Å². The number of halogens is 3. The van der Waals surface area contributed by atoms with E-state index in [9.17, 15) is 13.2 Å². The highest BCUT2D eigenvalue weighted by Gasteiger charge is 2.29. The summed E-state index contributed by atoms with van der Waals surface area (Å²) < 4.78 is 50.6. The van der Waals surface area contributed by atoms with Crippen LogP contribution in [0.5, 0.6) is 0 Å². The van der Waals surface area contributed by atoms with E-state index in [1.165, 1.54) is 83.5 Å². The molecule has 0 aromatic carbocycles. The lowest BCUT2D eigenvalue weighted by Gasteiger charge is -2.21. The monoisotopic (exact) mass is 616 g/mol. The summed E-state index contributed by atoms with van der Waals surface area (Å²) in [5, 5.41) is 17.4. The molecule has 1 unspecified atom stereocenters. The van der Waals surface area contributed by atoms with Crippen molar-refractivity contribution < 1.29 is 51.8 Å². The normalized spacial score (nSPS) is 12.8. The van der Waals surface area contributed by atoms with Crippen molar-refractivity contribution in [2.75, 3.05) is 59.0 Å². The maximum Gasteiger partial charge on any atom is 0.466 e. The minimum atomic E-state index is -4.64. The second kappa shape index (κ2) is 28.2. The highest BCUT2D eigenvalue weighted by atomic mass is 32.2. The van der Waals surface area contributed by atoms with E-state index in [4.69, 9.17) is 29.5 Å². The molecule has 0 aromatic rings. The second-order valence-corrected chi connectivity index (χ2v) is 12.8. The van der Waals surface area contributed by atoms with Crippen molar-refractivity contribution in [3.8, 4) is 0 Å². The summed E-state index contributed by atoms with van der Waals surface area (Å²) in [4.78, 5) is 21.6. The minimum Gasteiger partial charge on any atom is -0.394 e. The van der Waals surface area contributed by atoms with E-state index in [-0.39, 0.29) is 13.2 Å². The van der Waals surface area contributed by atoms with Gasteiger partial charge >= 0.3 is 14.0 Å². The Morgan fingerprint density at radius 3 is 1.46 bits per heavy atom. The van der Waals surface area contributed by atoms with Crippen molar-refractivity contribution in [1.29, 1.82) is 0 Å². The van der Waals surface area contributed by atoms with Gasteiger partial charge in [-0.05, 0) is 12.2 Å². The lowest BCUT2D eigenvalue weighted by Crippen LogP contribution is -2.36. The fraction of sp³-hybridized carbons (Fsp3) is 1.00. The molecule has 0 radical (unpaired) electrons. The number of likely N-dealkylation sites (N-methyl/N-ethyl adjacent to an activating group) is 1. The molecule has 5 N–H and O–H groups in total. The van der Waals surface area contributed by atoms with Gasteiger partial charge < -0.3 is 34.1 Å². The third-order valence-electron chi connectivity index (χ3n) is 5.40. The number of quaternary nitrogens is 1. The molecule has 0 bridgehead atoms. The van der Waals surface area contributed by atoms with Gasteiger partial charge in [0.05, 0.1) is 40.5 Å². The quantitative estimate of drug-likeness (QED) is 0.0579. The van der Waals surface area contributed by atoms with E-state index in [0.29, 0.717) is 5.75 Å². The van der Waals surface area contributed by atoms with Gasteiger partial charge in [-0.3, -0.25) is 0 Å². The average Bonchev–Trinajstić information content (AvgIpc) is 2.78. The first-order chi connectivity index (χ1) is 18.1. The van der Waals surface area contributed by atoms with Gasteiger partial charge in [0.15, 0.2) is 0 Å². The lowest BCUT2D eigenvalue weighted by atomic mass is 10.0. The molecule has 0 aromatic heterocycles. The fourth-order valence-electron chi connectivity index (χ4n) is 3.28. The number of unbranched alkanes of at least 4 members (excludes halogenated alkanes) is 13. The first-order valence-electron chi connectivity index (χ1n) is 14.1. The summed E-state index contributed by atoms with van der Waals surface area (Å²) in [5.41, 5.74) is 0. The summed E-state index contributed by atoms with van der Waals surface area (Å²) in [6.07, 6.45) is 13.4. The summed E-state index contributed by atoms with van der Waals surface area (Å²) >= 11 is 1.57. The number of hydrogen-bond acceptors (Lipinski definition) is 5. The molecule has 0 aliphatic heterocycles. The van der Waals surface area contributed by atoms with Gasteiger partial charge in [-0.2, -0.15) is 24.9 Å². The van der Waals surface area contributed by atoms with E-state index in [1.807, 2.05) is 0 Å². The zero-order valence-electron chi connectivity index (χ0n) is 24.7. The number of ether oxygens (including phenoxy) is 1. The van der Waals surface area contributed by atoms with Crippen LogP contribution in [0.25, 0.3) is 0 Å². The highest BCUT2D eigenvalue weighted by Crippen LogP contribution is 2.25. The molecule has 39 heavy (non-hydrogen) atoms.